The van der Waals surface area contributed by atoms with E-state index in [4.69, 9.17) is 39.2 Å². The Morgan fingerprint density at radius 3 is 1.88 bits per heavy atom. The molecule has 3 nitrogen and oxygen atoms in total. The van der Waals surface area contributed by atoms with Crippen LogP contribution in [0.2, 0.25) is 15.1 Å². The summed E-state index contributed by atoms with van der Waals surface area (Å²) in [5.74, 6) is 1.37. The van der Waals surface area contributed by atoms with Crippen molar-refractivity contribution < 1.29 is 4.42 Å². The van der Waals surface area contributed by atoms with Crippen molar-refractivity contribution in [1.82, 2.24) is 10.2 Å². The highest BCUT2D eigenvalue weighted by Crippen LogP contribution is 2.39. The maximum atomic E-state index is 6.48. The SMILES string of the molecule is Clc1ccc(-c2ccc(-c3cc(-c4ccccc4Cl)nnc3-c3ccccc3Cl)o2)cc1. The zero-order chi connectivity index (χ0) is 22.1. The lowest BCUT2D eigenvalue weighted by molar-refractivity contribution is 0.597. The molecule has 2 aromatic heterocycles. The summed E-state index contributed by atoms with van der Waals surface area (Å²) in [6.07, 6.45) is 0. The molecule has 0 saturated heterocycles. The van der Waals surface area contributed by atoms with Gasteiger partial charge in [-0.05, 0) is 54.6 Å². The fourth-order valence-corrected chi connectivity index (χ4v) is 4.07. The molecule has 3 aromatic carbocycles. The topological polar surface area (TPSA) is 38.9 Å². The predicted octanol–water partition coefficient (Wildman–Crippen LogP) is 8.70. The third kappa shape index (κ3) is 4.03. The molecule has 0 aliphatic carbocycles. The Bertz CT molecular complexity index is 1410. The maximum absolute atomic E-state index is 6.48. The highest BCUT2D eigenvalue weighted by atomic mass is 35.5. The summed E-state index contributed by atoms with van der Waals surface area (Å²) in [6, 6.07) is 28.3. The normalized spacial score (nSPS) is 11.0. The van der Waals surface area contributed by atoms with Gasteiger partial charge in [-0.15, -0.1) is 10.2 Å². The van der Waals surface area contributed by atoms with E-state index in [-0.39, 0.29) is 0 Å². The van der Waals surface area contributed by atoms with Gasteiger partial charge < -0.3 is 4.42 Å². The van der Waals surface area contributed by atoms with Crippen molar-refractivity contribution in [2.45, 2.75) is 0 Å². The maximum Gasteiger partial charge on any atom is 0.137 e. The van der Waals surface area contributed by atoms with Gasteiger partial charge in [-0.2, -0.15) is 0 Å². The molecule has 0 aliphatic heterocycles. The van der Waals surface area contributed by atoms with Crippen molar-refractivity contribution in [2.24, 2.45) is 0 Å². The van der Waals surface area contributed by atoms with Crippen LogP contribution in [0.15, 0.2) is 95.4 Å². The summed E-state index contributed by atoms with van der Waals surface area (Å²) >= 11 is 18.9. The van der Waals surface area contributed by atoms with Crippen LogP contribution >= 0.6 is 34.8 Å². The van der Waals surface area contributed by atoms with Crippen molar-refractivity contribution in [3.63, 3.8) is 0 Å². The molecule has 0 N–H and O–H groups in total. The second kappa shape index (κ2) is 8.79. The van der Waals surface area contributed by atoms with Crippen LogP contribution in [-0.4, -0.2) is 10.2 Å². The summed E-state index contributed by atoms with van der Waals surface area (Å²) in [4.78, 5) is 0. The van der Waals surface area contributed by atoms with Gasteiger partial charge in [0.25, 0.3) is 0 Å². The van der Waals surface area contributed by atoms with Crippen LogP contribution < -0.4 is 0 Å². The van der Waals surface area contributed by atoms with E-state index in [1.54, 1.807) is 0 Å². The van der Waals surface area contributed by atoms with Crippen LogP contribution in [0.4, 0.5) is 0 Å². The number of hydrogen-bond donors (Lipinski definition) is 0. The van der Waals surface area contributed by atoms with E-state index in [9.17, 15) is 0 Å². The van der Waals surface area contributed by atoms with Crippen molar-refractivity contribution in [3.8, 4) is 45.2 Å². The lowest BCUT2D eigenvalue weighted by Crippen LogP contribution is -1.96. The zero-order valence-electron chi connectivity index (χ0n) is 16.6. The molecule has 5 rings (SSSR count). The molecule has 2 heterocycles. The number of nitrogens with zero attached hydrogens (tertiary/aromatic N) is 2. The van der Waals surface area contributed by atoms with Gasteiger partial charge in [0.1, 0.15) is 17.2 Å². The van der Waals surface area contributed by atoms with Crippen molar-refractivity contribution in [2.75, 3.05) is 0 Å². The van der Waals surface area contributed by atoms with E-state index in [2.05, 4.69) is 10.2 Å². The first kappa shape index (κ1) is 20.8. The van der Waals surface area contributed by atoms with E-state index in [1.807, 2.05) is 91.0 Å². The number of halogens is 3. The first-order valence-electron chi connectivity index (χ1n) is 9.84. The molecule has 156 valence electrons. The monoisotopic (exact) mass is 476 g/mol. The third-order valence-electron chi connectivity index (χ3n) is 5.07. The molecule has 0 unspecified atom stereocenters. The number of benzene rings is 3. The largest absolute Gasteiger partial charge is 0.456 e. The molecular weight excluding hydrogens is 463 g/mol. The van der Waals surface area contributed by atoms with Gasteiger partial charge in [0.05, 0.1) is 15.7 Å². The Morgan fingerprint density at radius 1 is 0.562 bits per heavy atom. The molecule has 0 fully saturated rings. The van der Waals surface area contributed by atoms with Gasteiger partial charge in [-0.1, -0.05) is 71.2 Å². The van der Waals surface area contributed by atoms with Crippen LogP contribution in [0.25, 0.3) is 45.2 Å². The summed E-state index contributed by atoms with van der Waals surface area (Å²) < 4.78 is 6.23. The summed E-state index contributed by atoms with van der Waals surface area (Å²) in [5, 5.41) is 10.8. The second-order valence-corrected chi connectivity index (χ2v) is 8.37. The minimum Gasteiger partial charge on any atom is -0.456 e. The van der Waals surface area contributed by atoms with Gasteiger partial charge in [-0.25, -0.2) is 0 Å². The quantitative estimate of drug-likeness (QED) is 0.260. The first-order valence-corrected chi connectivity index (χ1v) is 11.0. The fourth-order valence-electron chi connectivity index (χ4n) is 3.48. The van der Waals surface area contributed by atoms with E-state index >= 15 is 0 Å². The van der Waals surface area contributed by atoms with Crippen LogP contribution in [0.1, 0.15) is 0 Å². The van der Waals surface area contributed by atoms with Crippen LogP contribution in [-0.2, 0) is 0 Å². The lowest BCUT2D eigenvalue weighted by Gasteiger charge is -2.11. The predicted molar refractivity (Wildman–Crippen MR) is 131 cm³/mol. The Hall–Kier alpha value is -3.11. The molecule has 0 aliphatic rings. The standard InChI is InChI=1S/C26H15Cl3N2O/c27-17-11-9-16(10-12-17)24-13-14-25(32-24)20-15-23(18-5-1-3-7-21(18)28)30-31-26(20)19-6-2-4-8-22(19)29/h1-15H. The third-order valence-corrected chi connectivity index (χ3v) is 5.98. The van der Waals surface area contributed by atoms with Crippen LogP contribution in [0.3, 0.4) is 0 Å². The minimum atomic E-state index is 0.582. The van der Waals surface area contributed by atoms with E-state index in [0.717, 1.165) is 28.0 Å². The molecule has 0 atom stereocenters. The molecule has 6 heteroatoms. The number of aromatic nitrogens is 2. The minimum absolute atomic E-state index is 0.582. The molecule has 0 saturated carbocycles. The van der Waals surface area contributed by atoms with Crippen molar-refractivity contribution in [3.05, 3.63) is 106 Å². The van der Waals surface area contributed by atoms with Gasteiger partial charge >= 0.3 is 0 Å². The molecular formula is C26H15Cl3N2O. The lowest BCUT2D eigenvalue weighted by atomic mass is 10.0. The van der Waals surface area contributed by atoms with E-state index in [0.29, 0.717) is 32.2 Å². The molecule has 32 heavy (non-hydrogen) atoms. The molecule has 0 spiro atoms. The summed E-state index contributed by atoms with van der Waals surface area (Å²) in [5.41, 5.74) is 4.52. The molecule has 0 radical (unpaired) electrons. The van der Waals surface area contributed by atoms with Crippen LogP contribution in [0, 0.1) is 0 Å². The Morgan fingerprint density at radius 2 is 1.19 bits per heavy atom. The summed E-state index contributed by atoms with van der Waals surface area (Å²) in [6.45, 7) is 0. The first-order chi connectivity index (χ1) is 15.6. The van der Waals surface area contributed by atoms with Gasteiger partial charge in [-0.3, -0.25) is 0 Å². The van der Waals surface area contributed by atoms with Crippen LogP contribution in [0.5, 0.6) is 0 Å². The van der Waals surface area contributed by atoms with Gasteiger partial charge in [0.15, 0.2) is 0 Å². The molecule has 5 aromatic rings. The highest BCUT2D eigenvalue weighted by molar-refractivity contribution is 6.34. The van der Waals surface area contributed by atoms with Gasteiger partial charge in [0, 0.05) is 27.3 Å². The average molecular weight is 478 g/mol. The number of rotatable bonds is 4. The zero-order valence-corrected chi connectivity index (χ0v) is 18.9. The highest BCUT2D eigenvalue weighted by Gasteiger charge is 2.18. The molecule has 0 amide bonds. The molecule has 0 bridgehead atoms. The van der Waals surface area contributed by atoms with Crippen molar-refractivity contribution >= 4 is 34.8 Å². The second-order valence-electron chi connectivity index (χ2n) is 7.12. The van der Waals surface area contributed by atoms with Gasteiger partial charge in [0.2, 0.25) is 0 Å². The Kier molecular flexibility index (Phi) is 5.71. The van der Waals surface area contributed by atoms with Crippen molar-refractivity contribution in [1.29, 1.82) is 0 Å². The van der Waals surface area contributed by atoms with E-state index < -0.39 is 0 Å². The summed E-state index contributed by atoms with van der Waals surface area (Å²) in [7, 11) is 0. The smallest absolute Gasteiger partial charge is 0.137 e. The Labute approximate surface area is 200 Å². The number of furan rings is 1. The number of hydrogen-bond acceptors (Lipinski definition) is 3. The fraction of sp³-hybridized carbons (Fsp3) is 0. The average Bonchev–Trinajstić information content (AvgIpc) is 3.30. The van der Waals surface area contributed by atoms with E-state index in [1.165, 1.54) is 0 Å². The Balaban J connectivity index is 1.68.